The van der Waals surface area contributed by atoms with Gasteiger partial charge < -0.3 is 10.5 Å². The van der Waals surface area contributed by atoms with Crippen molar-refractivity contribution in [3.05, 3.63) is 6.33 Å². The predicted molar refractivity (Wildman–Crippen MR) is 43.5 cm³/mol. The third-order valence-electron chi connectivity index (χ3n) is 2.18. The average Bonchev–Trinajstić information content (AvgIpc) is 2.53. The van der Waals surface area contributed by atoms with E-state index in [0.717, 1.165) is 26.1 Å². The Balaban J connectivity index is 2.13. The molecule has 0 unspecified atom stereocenters. The number of nitrogens with zero attached hydrogens (tertiary/aromatic N) is 3. The molecule has 2 N–H and O–H groups in total. The number of ether oxygens (including phenoxy) is 1. The number of nitrogens with two attached hydrogens (primary N) is 1. The lowest BCUT2D eigenvalue weighted by Crippen LogP contribution is -2.20. The molecule has 0 atom stereocenters. The smallest absolute Gasteiger partial charge is 0.222 e. The highest BCUT2D eigenvalue weighted by Gasteiger charge is 2.17. The molecule has 12 heavy (non-hydrogen) atoms. The van der Waals surface area contributed by atoms with Gasteiger partial charge in [0.2, 0.25) is 5.95 Å². The van der Waals surface area contributed by atoms with Gasteiger partial charge in [-0.15, -0.1) is 10.2 Å². The van der Waals surface area contributed by atoms with Gasteiger partial charge >= 0.3 is 0 Å². The number of aromatic nitrogens is 3. The van der Waals surface area contributed by atoms with Crippen molar-refractivity contribution in [2.45, 2.75) is 18.9 Å². The van der Waals surface area contributed by atoms with Gasteiger partial charge in [-0.1, -0.05) is 0 Å². The van der Waals surface area contributed by atoms with Gasteiger partial charge in [-0.2, -0.15) is 0 Å². The van der Waals surface area contributed by atoms with Crippen LogP contribution in [0.25, 0.3) is 0 Å². The lowest BCUT2D eigenvalue weighted by molar-refractivity contribution is 0.0700. The lowest BCUT2D eigenvalue weighted by atomic mass is 10.1. The molecule has 1 saturated heterocycles. The zero-order valence-corrected chi connectivity index (χ0v) is 6.81. The number of hydrogen-bond acceptors (Lipinski definition) is 4. The van der Waals surface area contributed by atoms with Gasteiger partial charge in [0.1, 0.15) is 6.33 Å². The summed E-state index contributed by atoms with van der Waals surface area (Å²) in [4.78, 5) is 0. The van der Waals surface area contributed by atoms with Crippen LogP contribution in [0.15, 0.2) is 6.33 Å². The van der Waals surface area contributed by atoms with E-state index in [2.05, 4.69) is 10.2 Å². The molecule has 0 aromatic carbocycles. The molecule has 1 aliphatic rings. The zero-order chi connectivity index (χ0) is 8.39. The summed E-state index contributed by atoms with van der Waals surface area (Å²) in [6, 6.07) is 0.425. The van der Waals surface area contributed by atoms with Crippen molar-refractivity contribution in [1.82, 2.24) is 14.8 Å². The zero-order valence-electron chi connectivity index (χ0n) is 6.81. The molecule has 1 fully saturated rings. The first-order valence-electron chi connectivity index (χ1n) is 4.10. The second-order valence-electron chi connectivity index (χ2n) is 2.94. The number of anilines is 1. The van der Waals surface area contributed by atoms with E-state index in [4.69, 9.17) is 10.5 Å². The molecule has 0 radical (unpaired) electrons. The second kappa shape index (κ2) is 3.10. The van der Waals surface area contributed by atoms with Gasteiger partial charge in [-0.3, -0.25) is 4.57 Å². The van der Waals surface area contributed by atoms with Crippen molar-refractivity contribution < 1.29 is 4.74 Å². The molecule has 0 bridgehead atoms. The van der Waals surface area contributed by atoms with E-state index < -0.39 is 0 Å². The minimum atomic E-state index is 0.425. The van der Waals surface area contributed by atoms with E-state index in [1.54, 1.807) is 6.33 Å². The molecule has 5 heteroatoms. The fourth-order valence-electron chi connectivity index (χ4n) is 1.50. The predicted octanol–water partition coefficient (Wildman–Crippen LogP) is 0.212. The third-order valence-corrected chi connectivity index (χ3v) is 2.18. The first-order valence-corrected chi connectivity index (χ1v) is 4.10. The maximum absolute atomic E-state index is 5.62. The van der Waals surface area contributed by atoms with Crippen LogP contribution in [0.3, 0.4) is 0 Å². The molecule has 0 aliphatic carbocycles. The minimum absolute atomic E-state index is 0.425. The first kappa shape index (κ1) is 7.54. The van der Waals surface area contributed by atoms with E-state index in [1.165, 1.54) is 0 Å². The van der Waals surface area contributed by atoms with Gasteiger partial charge in [-0.25, -0.2) is 0 Å². The van der Waals surface area contributed by atoms with Gasteiger partial charge in [0.05, 0.1) is 0 Å². The Morgan fingerprint density at radius 3 is 2.83 bits per heavy atom. The second-order valence-corrected chi connectivity index (χ2v) is 2.94. The lowest BCUT2D eigenvalue weighted by Gasteiger charge is -2.23. The standard InChI is InChI=1S/C7H12N4O/c8-7-10-9-5-11(7)6-1-3-12-4-2-6/h5-6H,1-4H2,(H2,8,10). The van der Waals surface area contributed by atoms with Crippen molar-refractivity contribution in [1.29, 1.82) is 0 Å². The van der Waals surface area contributed by atoms with E-state index in [1.807, 2.05) is 4.57 Å². The normalized spacial score (nSPS) is 19.7. The van der Waals surface area contributed by atoms with Gasteiger partial charge in [0.25, 0.3) is 0 Å². The van der Waals surface area contributed by atoms with Crippen molar-refractivity contribution in [2.24, 2.45) is 0 Å². The summed E-state index contributed by atoms with van der Waals surface area (Å²) < 4.78 is 7.16. The van der Waals surface area contributed by atoms with E-state index >= 15 is 0 Å². The summed E-state index contributed by atoms with van der Waals surface area (Å²) >= 11 is 0. The SMILES string of the molecule is Nc1nncn1C1CCOCC1. The van der Waals surface area contributed by atoms with Crippen LogP contribution in [0.2, 0.25) is 0 Å². The molecule has 2 heterocycles. The maximum Gasteiger partial charge on any atom is 0.222 e. The van der Waals surface area contributed by atoms with Crippen LogP contribution >= 0.6 is 0 Å². The van der Waals surface area contributed by atoms with Crippen LogP contribution < -0.4 is 5.73 Å². The number of rotatable bonds is 1. The summed E-state index contributed by atoms with van der Waals surface area (Å²) in [6.07, 6.45) is 3.69. The quantitative estimate of drug-likeness (QED) is 0.651. The Morgan fingerprint density at radius 1 is 1.50 bits per heavy atom. The summed E-state index contributed by atoms with van der Waals surface area (Å²) in [5.41, 5.74) is 5.62. The molecule has 0 saturated carbocycles. The van der Waals surface area contributed by atoms with Crippen LogP contribution in [0.1, 0.15) is 18.9 Å². The summed E-state index contributed by atoms with van der Waals surface area (Å²) in [5, 5.41) is 7.49. The van der Waals surface area contributed by atoms with Gasteiger partial charge in [0, 0.05) is 19.3 Å². The maximum atomic E-state index is 5.62. The molecule has 2 rings (SSSR count). The average molecular weight is 168 g/mol. The van der Waals surface area contributed by atoms with Crippen molar-refractivity contribution >= 4 is 5.95 Å². The molecule has 1 aromatic rings. The van der Waals surface area contributed by atoms with Crippen LogP contribution in [-0.2, 0) is 4.74 Å². The molecule has 5 nitrogen and oxygen atoms in total. The molecule has 1 aliphatic heterocycles. The topological polar surface area (TPSA) is 66.0 Å². The highest BCUT2D eigenvalue weighted by Crippen LogP contribution is 2.21. The number of hydrogen-bond donors (Lipinski definition) is 1. The van der Waals surface area contributed by atoms with Crippen molar-refractivity contribution in [3.8, 4) is 0 Å². The largest absolute Gasteiger partial charge is 0.381 e. The molecule has 66 valence electrons. The summed E-state index contributed by atoms with van der Waals surface area (Å²) in [6.45, 7) is 1.62. The van der Waals surface area contributed by atoms with Crippen LogP contribution in [-0.4, -0.2) is 28.0 Å². The highest BCUT2D eigenvalue weighted by molar-refractivity contribution is 5.14. The Hall–Kier alpha value is -1.10. The van der Waals surface area contributed by atoms with Gasteiger partial charge in [0.15, 0.2) is 0 Å². The number of nitrogen functional groups attached to an aromatic ring is 1. The Labute approximate surface area is 70.5 Å². The van der Waals surface area contributed by atoms with Crippen LogP contribution in [0.4, 0.5) is 5.95 Å². The van der Waals surface area contributed by atoms with E-state index in [9.17, 15) is 0 Å². The van der Waals surface area contributed by atoms with Crippen LogP contribution in [0.5, 0.6) is 0 Å². The van der Waals surface area contributed by atoms with Crippen molar-refractivity contribution in [3.63, 3.8) is 0 Å². The van der Waals surface area contributed by atoms with Gasteiger partial charge in [-0.05, 0) is 12.8 Å². The third kappa shape index (κ3) is 1.27. The molecular formula is C7H12N4O. The van der Waals surface area contributed by atoms with Crippen molar-refractivity contribution in [2.75, 3.05) is 18.9 Å². The Bertz CT molecular complexity index is 254. The highest BCUT2D eigenvalue weighted by atomic mass is 16.5. The molecule has 1 aromatic heterocycles. The Kier molecular flexibility index (Phi) is 1.95. The molecular weight excluding hydrogens is 156 g/mol. The fraction of sp³-hybridized carbons (Fsp3) is 0.714. The summed E-state index contributed by atoms with van der Waals surface area (Å²) in [5.74, 6) is 0.502. The van der Waals surface area contributed by atoms with E-state index in [-0.39, 0.29) is 0 Å². The fourth-order valence-corrected chi connectivity index (χ4v) is 1.50. The van der Waals surface area contributed by atoms with Crippen LogP contribution in [0, 0.1) is 0 Å². The monoisotopic (exact) mass is 168 g/mol. The molecule has 0 amide bonds. The van der Waals surface area contributed by atoms with E-state index in [0.29, 0.717) is 12.0 Å². The summed E-state index contributed by atoms with van der Waals surface area (Å²) in [7, 11) is 0. The first-order chi connectivity index (χ1) is 5.88. The molecule has 0 spiro atoms. The minimum Gasteiger partial charge on any atom is -0.381 e. The Morgan fingerprint density at radius 2 is 2.25 bits per heavy atom.